The number of piperidine rings is 1. The maximum absolute atomic E-state index is 12.6. The third kappa shape index (κ3) is 4.99. The number of thiophene rings is 1. The Labute approximate surface area is 177 Å². The van der Waals surface area contributed by atoms with Crippen LogP contribution in [0, 0.1) is 5.92 Å². The SMILES string of the molecule is CCN(c1ccc(NC(=O)C2CCN(S(=O)(=O)c3cccs3)CC2)cc1)C(C)C. The Bertz CT molecular complexity index is 901. The predicted molar refractivity (Wildman–Crippen MR) is 119 cm³/mol. The molecule has 0 spiro atoms. The van der Waals surface area contributed by atoms with Gasteiger partial charge in [0.1, 0.15) is 4.21 Å². The summed E-state index contributed by atoms with van der Waals surface area (Å²) in [4.78, 5) is 14.9. The summed E-state index contributed by atoms with van der Waals surface area (Å²) in [5.41, 5.74) is 1.90. The first kappa shape index (κ1) is 21.8. The zero-order chi connectivity index (χ0) is 21.0. The molecule has 1 aliphatic heterocycles. The topological polar surface area (TPSA) is 69.7 Å². The average molecular weight is 436 g/mol. The molecule has 0 bridgehead atoms. The third-order valence-corrected chi connectivity index (χ3v) is 8.62. The molecule has 0 atom stereocenters. The molecule has 0 aliphatic carbocycles. The van der Waals surface area contributed by atoms with Crippen LogP contribution < -0.4 is 10.2 Å². The van der Waals surface area contributed by atoms with Crippen LogP contribution in [0.5, 0.6) is 0 Å². The van der Waals surface area contributed by atoms with Gasteiger partial charge in [0.25, 0.3) is 10.0 Å². The fourth-order valence-electron chi connectivity index (χ4n) is 3.72. The van der Waals surface area contributed by atoms with Crippen molar-refractivity contribution in [2.24, 2.45) is 5.92 Å². The molecule has 1 amide bonds. The fourth-order valence-corrected chi connectivity index (χ4v) is 6.34. The lowest BCUT2D eigenvalue weighted by Crippen LogP contribution is -2.41. The number of anilines is 2. The van der Waals surface area contributed by atoms with Crippen LogP contribution in [0.15, 0.2) is 46.0 Å². The first-order valence-electron chi connectivity index (χ1n) is 10.0. The van der Waals surface area contributed by atoms with Gasteiger partial charge in [0.2, 0.25) is 5.91 Å². The van der Waals surface area contributed by atoms with E-state index in [1.54, 1.807) is 17.5 Å². The molecule has 1 aromatic carbocycles. The second kappa shape index (κ2) is 9.28. The summed E-state index contributed by atoms with van der Waals surface area (Å²) < 4.78 is 27.1. The van der Waals surface area contributed by atoms with Crippen LogP contribution in [0.25, 0.3) is 0 Å². The average Bonchev–Trinajstić information content (AvgIpc) is 3.25. The largest absolute Gasteiger partial charge is 0.369 e. The summed E-state index contributed by atoms with van der Waals surface area (Å²) in [6.45, 7) is 8.11. The summed E-state index contributed by atoms with van der Waals surface area (Å²) >= 11 is 1.23. The highest BCUT2D eigenvalue weighted by atomic mass is 32.2. The number of benzene rings is 1. The molecule has 3 rings (SSSR count). The van der Waals surface area contributed by atoms with Crippen molar-refractivity contribution >= 4 is 38.6 Å². The van der Waals surface area contributed by atoms with E-state index < -0.39 is 10.0 Å². The van der Waals surface area contributed by atoms with Gasteiger partial charge in [-0.05, 0) is 69.3 Å². The maximum atomic E-state index is 12.6. The summed E-state index contributed by atoms with van der Waals surface area (Å²) in [6.07, 6.45) is 1.07. The molecule has 1 aromatic heterocycles. The van der Waals surface area contributed by atoms with Gasteiger partial charge in [0.15, 0.2) is 0 Å². The van der Waals surface area contributed by atoms with Crippen molar-refractivity contribution in [2.75, 3.05) is 29.9 Å². The van der Waals surface area contributed by atoms with Crippen LogP contribution in [0.1, 0.15) is 33.6 Å². The van der Waals surface area contributed by atoms with E-state index in [2.05, 4.69) is 31.0 Å². The summed E-state index contributed by atoms with van der Waals surface area (Å²) in [5, 5.41) is 4.75. The van der Waals surface area contributed by atoms with Crippen LogP contribution in [0.2, 0.25) is 0 Å². The highest BCUT2D eigenvalue weighted by Crippen LogP contribution is 2.27. The number of nitrogens with zero attached hydrogens (tertiary/aromatic N) is 2. The Hall–Kier alpha value is -1.90. The van der Waals surface area contributed by atoms with Gasteiger partial charge < -0.3 is 10.2 Å². The minimum absolute atomic E-state index is 0.0397. The van der Waals surface area contributed by atoms with E-state index in [-0.39, 0.29) is 11.8 Å². The van der Waals surface area contributed by atoms with E-state index in [1.165, 1.54) is 15.6 Å². The first-order chi connectivity index (χ1) is 13.8. The smallest absolute Gasteiger partial charge is 0.252 e. The third-order valence-electron chi connectivity index (χ3n) is 5.34. The van der Waals surface area contributed by atoms with Crippen LogP contribution in [-0.2, 0) is 14.8 Å². The highest BCUT2D eigenvalue weighted by molar-refractivity contribution is 7.91. The fraction of sp³-hybridized carbons (Fsp3) is 0.476. The lowest BCUT2D eigenvalue weighted by molar-refractivity contribution is -0.120. The standard InChI is InChI=1S/C21H29N3O3S2/c1-4-24(16(2)3)19-9-7-18(8-10-19)22-21(25)17-11-13-23(14-12-17)29(26,27)20-6-5-15-28-20/h5-10,15-17H,4,11-14H2,1-3H3,(H,22,25). The normalized spacial score (nSPS) is 16.1. The summed E-state index contributed by atoms with van der Waals surface area (Å²) in [5.74, 6) is -0.214. The van der Waals surface area contributed by atoms with Crippen LogP contribution in [0.3, 0.4) is 0 Å². The van der Waals surface area contributed by atoms with Gasteiger partial charge in [-0.15, -0.1) is 11.3 Å². The number of hydrogen-bond acceptors (Lipinski definition) is 5. The van der Waals surface area contributed by atoms with Gasteiger partial charge >= 0.3 is 0 Å². The lowest BCUT2D eigenvalue weighted by atomic mass is 9.97. The van der Waals surface area contributed by atoms with Crippen molar-refractivity contribution in [3.63, 3.8) is 0 Å². The number of sulfonamides is 1. The molecule has 0 radical (unpaired) electrons. The van der Waals surface area contributed by atoms with Gasteiger partial charge in [-0.25, -0.2) is 8.42 Å². The van der Waals surface area contributed by atoms with Crippen molar-refractivity contribution in [2.45, 2.75) is 43.9 Å². The second-order valence-electron chi connectivity index (χ2n) is 7.53. The van der Waals surface area contributed by atoms with Gasteiger partial charge in [-0.1, -0.05) is 6.07 Å². The van der Waals surface area contributed by atoms with E-state index in [0.29, 0.717) is 36.2 Å². The molecule has 1 aliphatic rings. The Morgan fingerprint density at radius 2 is 1.86 bits per heavy atom. The Balaban J connectivity index is 1.56. The quantitative estimate of drug-likeness (QED) is 0.713. The highest BCUT2D eigenvalue weighted by Gasteiger charge is 2.32. The monoisotopic (exact) mass is 435 g/mol. The molecule has 6 nitrogen and oxygen atoms in total. The van der Waals surface area contributed by atoms with Gasteiger partial charge in [0, 0.05) is 43.0 Å². The van der Waals surface area contributed by atoms with E-state index >= 15 is 0 Å². The molecule has 1 N–H and O–H groups in total. The van der Waals surface area contributed by atoms with Crippen LogP contribution in [0.4, 0.5) is 11.4 Å². The first-order valence-corrected chi connectivity index (χ1v) is 12.4. The summed E-state index contributed by atoms with van der Waals surface area (Å²) in [6, 6.07) is 11.7. The molecule has 1 fully saturated rings. The van der Waals surface area contributed by atoms with Gasteiger partial charge in [-0.3, -0.25) is 4.79 Å². The molecule has 1 saturated heterocycles. The molecule has 29 heavy (non-hydrogen) atoms. The van der Waals surface area contributed by atoms with E-state index in [1.807, 2.05) is 24.3 Å². The number of amides is 1. The lowest BCUT2D eigenvalue weighted by Gasteiger charge is -2.30. The molecule has 0 saturated carbocycles. The van der Waals surface area contributed by atoms with E-state index in [9.17, 15) is 13.2 Å². The Morgan fingerprint density at radius 3 is 2.38 bits per heavy atom. The summed E-state index contributed by atoms with van der Waals surface area (Å²) in [7, 11) is -3.43. The van der Waals surface area contributed by atoms with Crippen molar-refractivity contribution in [3.05, 3.63) is 41.8 Å². The van der Waals surface area contributed by atoms with Crippen molar-refractivity contribution in [1.29, 1.82) is 0 Å². The number of carbonyl (C=O) groups excluding carboxylic acids is 1. The number of nitrogens with one attached hydrogen (secondary N) is 1. The second-order valence-corrected chi connectivity index (χ2v) is 10.6. The van der Waals surface area contributed by atoms with Crippen LogP contribution in [-0.4, -0.2) is 44.3 Å². The number of rotatable bonds is 7. The molecular weight excluding hydrogens is 406 g/mol. The van der Waals surface area contributed by atoms with Gasteiger partial charge in [-0.2, -0.15) is 4.31 Å². The molecule has 8 heteroatoms. The zero-order valence-electron chi connectivity index (χ0n) is 17.2. The van der Waals surface area contributed by atoms with Crippen molar-refractivity contribution in [1.82, 2.24) is 4.31 Å². The predicted octanol–water partition coefficient (Wildman–Crippen LogP) is 4.02. The molecule has 2 heterocycles. The zero-order valence-corrected chi connectivity index (χ0v) is 18.8. The molecular formula is C21H29N3O3S2. The number of carbonyl (C=O) groups is 1. The van der Waals surface area contributed by atoms with Crippen molar-refractivity contribution < 1.29 is 13.2 Å². The van der Waals surface area contributed by atoms with Gasteiger partial charge in [0.05, 0.1) is 0 Å². The minimum Gasteiger partial charge on any atom is -0.369 e. The molecule has 158 valence electrons. The van der Waals surface area contributed by atoms with E-state index in [0.717, 1.165) is 17.9 Å². The minimum atomic E-state index is -3.43. The Kier molecular flexibility index (Phi) is 6.97. The maximum Gasteiger partial charge on any atom is 0.252 e. The van der Waals surface area contributed by atoms with Crippen molar-refractivity contribution in [3.8, 4) is 0 Å². The van der Waals surface area contributed by atoms with Crippen LogP contribution >= 0.6 is 11.3 Å². The molecule has 2 aromatic rings. The van der Waals surface area contributed by atoms with E-state index in [4.69, 9.17) is 0 Å². The molecule has 0 unspecified atom stereocenters. The Morgan fingerprint density at radius 1 is 1.21 bits per heavy atom. The number of hydrogen-bond donors (Lipinski definition) is 1.